The number of nitrogens with one attached hydrogen (secondary N) is 1. The molecule has 0 aliphatic heterocycles. The van der Waals surface area contributed by atoms with E-state index < -0.39 is 0 Å². The molecule has 0 saturated heterocycles. The van der Waals surface area contributed by atoms with Crippen molar-refractivity contribution in [1.82, 2.24) is 0 Å². The summed E-state index contributed by atoms with van der Waals surface area (Å²) in [5.41, 5.74) is 1.91. The number of anilines is 1. The van der Waals surface area contributed by atoms with Crippen molar-refractivity contribution < 1.29 is 13.9 Å². The van der Waals surface area contributed by atoms with Crippen molar-refractivity contribution >= 4 is 22.6 Å². The van der Waals surface area contributed by atoms with Gasteiger partial charge < -0.3 is 14.5 Å². The van der Waals surface area contributed by atoms with Crippen molar-refractivity contribution in [1.29, 1.82) is 5.26 Å². The van der Waals surface area contributed by atoms with E-state index in [0.29, 0.717) is 29.0 Å². The van der Waals surface area contributed by atoms with Crippen LogP contribution in [0.1, 0.15) is 34.5 Å². The van der Waals surface area contributed by atoms with Crippen LogP contribution in [0.25, 0.3) is 11.0 Å². The van der Waals surface area contributed by atoms with E-state index in [1.54, 1.807) is 42.5 Å². The predicted octanol–water partition coefficient (Wildman–Crippen LogP) is 5.32. The largest absolute Gasteiger partial charge is 0.494 e. The van der Waals surface area contributed by atoms with Crippen LogP contribution in [-0.2, 0) is 6.42 Å². The van der Waals surface area contributed by atoms with Crippen LogP contribution in [0.3, 0.4) is 0 Å². The number of carbonyl (C=O) groups is 1. The molecular weight excluding hydrogens is 416 g/mol. The zero-order valence-electron chi connectivity index (χ0n) is 17.9. The number of fused-ring (bicyclic) bond motifs is 1. The minimum absolute atomic E-state index is 0.112. The maximum absolute atomic E-state index is 12.7. The second kappa shape index (κ2) is 10.3. The summed E-state index contributed by atoms with van der Waals surface area (Å²) in [5, 5.41) is 12.1. The van der Waals surface area contributed by atoms with E-state index >= 15 is 0 Å². The van der Waals surface area contributed by atoms with Gasteiger partial charge in [-0.3, -0.25) is 9.59 Å². The maximum atomic E-state index is 12.7. The zero-order valence-corrected chi connectivity index (χ0v) is 17.9. The molecule has 0 spiro atoms. The number of unbranched alkanes of at least 4 members (excludes halogenated alkanes) is 1. The van der Waals surface area contributed by atoms with Gasteiger partial charge in [0, 0.05) is 11.6 Å². The van der Waals surface area contributed by atoms with Gasteiger partial charge in [0.05, 0.1) is 17.7 Å². The Balaban J connectivity index is 1.35. The number of rotatable bonds is 8. The Labute approximate surface area is 191 Å². The molecular formula is C27H22N2O4. The van der Waals surface area contributed by atoms with Gasteiger partial charge in [-0.1, -0.05) is 36.4 Å². The highest BCUT2D eigenvalue weighted by atomic mass is 16.5. The topological polar surface area (TPSA) is 92.3 Å². The van der Waals surface area contributed by atoms with Gasteiger partial charge in [-0.25, -0.2) is 0 Å². The molecule has 6 heteroatoms. The van der Waals surface area contributed by atoms with Gasteiger partial charge in [-0.2, -0.15) is 5.26 Å². The molecule has 1 amide bonds. The van der Waals surface area contributed by atoms with Crippen molar-refractivity contribution in [2.75, 3.05) is 11.9 Å². The Kier molecular flexibility index (Phi) is 6.81. The number of amides is 1. The summed E-state index contributed by atoms with van der Waals surface area (Å²) < 4.78 is 11.3. The standard InChI is InChI=1S/C27H22N2O4/c28-18-22-17-25(30)23-10-6-11-24(26(23)33-22)29-27(31)20-12-14-21(15-13-20)32-16-5-4-9-19-7-2-1-3-8-19/h1-3,6-8,10-15,17H,4-5,9,16H2,(H,29,31). The van der Waals surface area contributed by atoms with Crippen LogP contribution in [0.15, 0.2) is 88.1 Å². The van der Waals surface area contributed by atoms with E-state index in [4.69, 9.17) is 14.4 Å². The molecule has 0 aliphatic carbocycles. The van der Waals surface area contributed by atoms with Crippen LogP contribution < -0.4 is 15.5 Å². The lowest BCUT2D eigenvalue weighted by molar-refractivity contribution is 0.102. The molecule has 0 fully saturated rings. The molecule has 33 heavy (non-hydrogen) atoms. The van der Waals surface area contributed by atoms with Gasteiger partial charge in [0.25, 0.3) is 5.91 Å². The van der Waals surface area contributed by atoms with Gasteiger partial charge in [-0.15, -0.1) is 0 Å². The third-order valence-corrected chi connectivity index (χ3v) is 5.20. The van der Waals surface area contributed by atoms with Crippen molar-refractivity contribution in [3.63, 3.8) is 0 Å². The lowest BCUT2D eigenvalue weighted by atomic mass is 10.1. The number of ether oxygens (including phenoxy) is 1. The number of carbonyl (C=O) groups excluding carboxylic acids is 1. The zero-order chi connectivity index (χ0) is 23.0. The Morgan fingerprint density at radius 1 is 0.970 bits per heavy atom. The average Bonchev–Trinajstić information content (AvgIpc) is 2.85. The van der Waals surface area contributed by atoms with Gasteiger partial charge in [0.15, 0.2) is 11.0 Å². The molecule has 1 aromatic heterocycles. The minimum atomic E-state index is -0.359. The number of nitriles is 1. The monoisotopic (exact) mass is 438 g/mol. The fourth-order valence-corrected chi connectivity index (χ4v) is 3.49. The highest BCUT2D eigenvalue weighted by Crippen LogP contribution is 2.23. The first-order valence-electron chi connectivity index (χ1n) is 10.7. The molecule has 4 rings (SSSR count). The van der Waals surface area contributed by atoms with E-state index in [-0.39, 0.29) is 22.7 Å². The fourth-order valence-electron chi connectivity index (χ4n) is 3.49. The molecule has 1 heterocycles. The summed E-state index contributed by atoms with van der Waals surface area (Å²) in [4.78, 5) is 24.9. The van der Waals surface area contributed by atoms with Crippen LogP contribution in [0.4, 0.5) is 5.69 Å². The third kappa shape index (κ3) is 5.46. The summed E-state index contributed by atoms with van der Waals surface area (Å²) in [6.45, 7) is 0.606. The van der Waals surface area contributed by atoms with Gasteiger partial charge in [0.2, 0.25) is 5.76 Å². The Morgan fingerprint density at radius 2 is 1.76 bits per heavy atom. The number of nitrogens with zero attached hydrogens (tertiary/aromatic N) is 1. The number of benzene rings is 3. The quantitative estimate of drug-likeness (QED) is 0.376. The molecule has 0 radical (unpaired) electrons. The first kappa shape index (κ1) is 21.8. The SMILES string of the molecule is N#Cc1cc(=O)c2cccc(NC(=O)c3ccc(OCCCCc4ccccc4)cc3)c2o1. The molecule has 0 saturated carbocycles. The van der Waals surface area contributed by atoms with Gasteiger partial charge in [-0.05, 0) is 61.2 Å². The van der Waals surface area contributed by atoms with Crippen molar-refractivity contribution in [3.8, 4) is 11.8 Å². The third-order valence-electron chi connectivity index (χ3n) is 5.20. The molecule has 1 N–H and O–H groups in total. The van der Waals surface area contributed by atoms with Gasteiger partial charge in [0.1, 0.15) is 11.8 Å². The molecule has 4 aromatic rings. The average molecular weight is 438 g/mol. The molecule has 164 valence electrons. The Hall–Kier alpha value is -4.37. The van der Waals surface area contributed by atoms with Crippen molar-refractivity contribution in [2.45, 2.75) is 19.3 Å². The number of hydrogen-bond donors (Lipinski definition) is 1. The highest BCUT2D eigenvalue weighted by Gasteiger charge is 2.13. The van der Waals surface area contributed by atoms with E-state index in [1.807, 2.05) is 24.3 Å². The second-order valence-electron chi connectivity index (χ2n) is 7.54. The predicted molar refractivity (Wildman–Crippen MR) is 126 cm³/mol. The van der Waals surface area contributed by atoms with Crippen molar-refractivity contribution in [2.24, 2.45) is 0 Å². The number of hydrogen-bond acceptors (Lipinski definition) is 5. The highest BCUT2D eigenvalue weighted by molar-refractivity contribution is 6.07. The summed E-state index contributed by atoms with van der Waals surface area (Å²) >= 11 is 0. The Bertz CT molecular complexity index is 1350. The molecule has 3 aromatic carbocycles. The van der Waals surface area contributed by atoms with Crippen LogP contribution >= 0.6 is 0 Å². The summed E-state index contributed by atoms with van der Waals surface area (Å²) in [7, 11) is 0. The summed E-state index contributed by atoms with van der Waals surface area (Å²) in [5.74, 6) is 0.225. The fraction of sp³-hybridized carbons (Fsp3) is 0.148. The van der Waals surface area contributed by atoms with Crippen LogP contribution in [-0.4, -0.2) is 12.5 Å². The molecule has 0 bridgehead atoms. The number of aryl methyl sites for hydroxylation is 1. The summed E-state index contributed by atoms with van der Waals surface area (Å²) in [6, 6.07) is 25.0. The lowest BCUT2D eigenvalue weighted by Crippen LogP contribution is -2.13. The van der Waals surface area contributed by atoms with E-state index in [1.165, 1.54) is 5.56 Å². The normalized spacial score (nSPS) is 10.5. The Morgan fingerprint density at radius 3 is 2.52 bits per heavy atom. The second-order valence-corrected chi connectivity index (χ2v) is 7.54. The summed E-state index contributed by atoms with van der Waals surface area (Å²) in [6.07, 6.45) is 3.00. The molecule has 0 atom stereocenters. The van der Waals surface area contributed by atoms with Gasteiger partial charge >= 0.3 is 0 Å². The van der Waals surface area contributed by atoms with Crippen LogP contribution in [0, 0.1) is 11.3 Å². The van der Waals surface area contributed by atoms with E-state index in [0.717, 1.165) is 25.3 Å². The first-order valence-corrected chi connectivity index (χ1v) is 10.7. The maximum Gasteiger partial charge on any atom is 0.255 e. The van der Waals surface area contributed by atoms with Crippen LogP contribution in [0.2, 0.25) is 0 Å². The van der Waals surface area contributed by atoms with E-state index in [2.05, 4.69) is 17.4 Å². The molecule has 6 nitrogen and oxygen atoms in total. The molecule has 0 aliphatic rings. The van der Waals surface area contributed by atoms with Crippen LogP contribution in [0.5, 0.6) is 5.75 Å². The van der Waals surface area contributed by atoms with Crippen molar-refractivity contribution in [3.05, 3.63) is 106 Å². The first-order chi connectivity index (χ1) is 16.1. The number of para-hydroxylation sites is 1. The lowest BCUT2D eigenvalue weighted by Gasteiger charge is -2.09. The smallest absolute Gasteiger partial charge is 0.255 e. The minimum Gasteiger partial charge on any atom is -0.494 e. The molecule has 0 unspecified atom stereocenters. The van der Waals surface area contributed by atoms with E-state index in [9.17, 15) is 9.59 Å².